The average molecular weight is 220 g/mol. The second-order valence-corrected chi connectivity index (χ2v) is 5.07. The van der Waals surface area contributed by atoms with Crippen LogP contribution in [0.5, 0.6) is 0 Å². The molecule has 2 rings (SSSR count). The standard InChI is InChI=1S/C13H20N2O/c1-10(9-14)15-8-3-2-6-12(15)11-5-4-7-13(11)16/h10-12H,2-8H2,1H3. The van der Waals surface area contributed by atoms with E-state index in [-0.39, 0.29) is 12.0 Å². The largest absolute Gasteiger partial charge is 0.299 e. The van der Waals surface area contributed by atoms with Gasteiger partial charge in [-0.05, 0) is 39.2 Å². The van der Waals surface area contributed by atoms with Gasteiger partial charge < -0.3 is 0 Å². The number of hydrogen-bond donors (Lipinski definition) is 0. The first-order valence-electron chi connectivity index (χ1n) is 6.42. The lowest BCUT2D eigenvalue weighted by atomic mass is 9.87. The van der Waals surface area contributed by atoms with Gasteiger partial charge in [0.2, 0.25) is 0 Å². The van der Waals surface area contributed by atoms with E-state index in [1.165, 1.54) is 12.8 Å². The topological polar surface area (TPSA) is 44.1 Å². The molecule has 3 heteroatoms. The van der Waals surface area contributed by atoms with Gasteiger partial charge in [-0.25, -0.2) is 0 Å². The van der Waals surface area contributed by atoms with E-state index < -0.39 is 0 Å². The van der Waals surface area contributed by atoms with E-state index in [0.717, 1.165) is 32.2 Å². The van der Waals surface area contributed by atoms with Gasteiger partial charge in [0.25, 0.3) is 0 Å². The third-order valence-electron chi connectivity index (χ3n) is 4.09. The fourth-order valence-corrected chi connectivity index (χ4v) is 3.22. The number of hydrogen-bond acceptors (Lipinski definition) is 3. The second kappa shape index (κ2) is 4.97. The molecule has 16 heavy (non-hydrogen) atoms. The van der Waals surface area contributed by atoms with Crippen molar-refractivity contribution in [2.24, 2.45) is 5.92 Å². The molecule has 0 aromatic carbocycles. The quantitative estimate of drug-likeness (QED) is 0.716. The molecule has 0 N–H and O–H groups in total. The van der Waals surface area contributed by atoms with Crippen molar-refractivity contribution in [3.05, 3.63) is 0 Å². The highest BCUT2D eigenvalue weighted by Crippen LogP contribution is 2.33. The van der Waals surface area contributed by atoms with Crippen LogP contribution in [0.25, 0.3) is 0 Å². The molecule has 1 aliphatic carbocycles. The first kappa shape index (κ1) is 11.6. The number of ketones is 1. The third kappa shape index (κ3) is 2.12. The van der Waals surface area contributed by atoms with E-state index in [2.05, 4.69) is 11.0 Å². The van der Waals surface area contributed by atoms with Crippen LogP contribution in [0.2, 0.25) is 0 Å². The van der Waals surface area contributed by atoms with Gasteiger partial charge in [-0.15, -0.1) is 0 Å². The third-order valence-corrected chi connectivity index (χ3v) is 4.09. The lowest BCUT2D eigenvalue weighted by Crippen LogP contribution is -2.49. The molecule has 0 spiro atoms. The van der Waals surface area contributed by atoms with E-state index in [0.29, 0.717) is 11.8 Å². The van der Waals surface area contributed by atoms with Gasteiger partial charge in [0, 0.05) is 18.4 Å². The monoisotopic (exact) mass is 220 g/mol. The molecule has 3 unspecified atom stereocenters. The molecule has 2 aliphatic rings. The van der Waals surface area contributed by atoms with Gasteiger partial charge in [-0.2, -0.15) is 5.26 Å². The summed E-state index contributed by atoms with van der Waals surface area (Å²) in [4.78, 5) is 14.1. The van der Waals surface area contributed by atoms with Crippen molar-refractivity contribution < 1.29 is 4.79 Å². The van der Waals surface area contributed by atoms with Gasteiger partial charge in [0.15, 0.2) is 0 Å². The summed E-state index contributed by atoms with van der Waals surface area (Å²) in [5, 5.41) is 9.04. The smallest absolute Gasteiger partial charge is 0.137 e. The van der Waals surface area contributed by atoms with Crippen LogP contribution in [0.15, 0.2) is 0 Å². The summed E-state index contributed by atoms with van der Waals surface area (Å²) in [6, 6.07) is 2.62. The average Bonchev–Trinajstić information content (AvgIpc) is 2.74. The van der Waals surface area contributed by atoms with Crippen LogP contribution in [-0.2, 0) is 4.79 Å². The van der Waals surface area contributed by atoms with Gasteiger partial charge in [-0.1, -0.05) is 6.42 Å². The minimum absolute atomic E-state index is 0.0429. The predicted octanol–water partition coefficient (Wildman–Crippen LogP) is 2.12. The van der Waals surface area contributed by atoms with Crippen LogP contribution in [-0.4, -0.2) is 29.3 Å². The Morgan fingerprint density at radius 3 is 2.81 bits per heavy atom. The van der Waals surface area contributed by atoms with Crippen molar-refractivity contribution in [2.75, 3.05) is 6.54 Å². The normalized spacial score (nSPS) is 33.6. The van der Waals surface area contributed by atoms with Crippen LogP contribution in [0.4, 0.5) is 0 Å². The summed E-state index contributed by atoms with van der Waals surface area (Å²) in [5.41, 5.74) is 0. The zero-order valence-corrected chi connectivity index (χ0v) is 9.98. The van der Waals surface area contributed by atoms with Crippen LogP contribution >= 0.6 is 0 Å². The molecule has 0 aromatic heterocycles. The Bertz CT molecular complexity index is 308. The van der Waals surface area contributed by atoms with E-state index in [1.54, 1.807) is 0 Å². The fraction of sp³-hybridized carbons (Fsp3) is 0.846. The maximum Gasteiger partial charge on any atom is 0.137 e. The summed E-state index contributed by atoms with van der Waals surface area (Å²) in [7, 11) is 0. The van der Waals surface area contributed by atoms with Crippen molar-refractivity contribution in [1.29, 1.82) is 5.26 Å². The number of Topliss-reactive ketones (excluding diaryl/α,β-unsaturated/α-hetero) is 1. The summed E-state index contributed by atoms with van der Waals surface area (Å²) in [6.07, 6.45) is 6.33. The summed E-state index contributed by atoms with van der Waals surface area (Å²) < 4.78 is 0. The highest BCUT2D eigenvalue weighted by Gasteiger charge is 2.38. The van der Waals surface area contributed by atoms with Gasteiger partial charge >= 0.3 is 0 Å². The maximum atomic E-state index is 11.8. The molecule has 1 aliphatic heterocycles. The molecule has 0 amide bonds. The molecule has 3 atom stereocenters. The first-order valence-corrected chi connectivity index (χ1v) is 6.42. The number of likely N-dealkylation sites (tertiary alicyclic amines) is 1. The van der Waals surface area contributed by atoms with Crippen molar-refractivity contribution in [2.45, 2.75) is 57.5 Å². The van der Waals surface area contributed by atoms with Crippen LogP contribution in [0, 0.1) is 17.2 Å². The van der Waals surface area contributed by atoms with E-state index in [9.17, 15) is 4.79 Å². The molecule has 0 aromatic rings. The van der Waals surface area contributed by atoms with Crippen LogP contribution in [0.1, 0.15) is 45.4 Å². The Labute approximate surface area is 97.4 Å². The minimum Gasteiger partial charge on any atom is -0.299 e. The first-order chi connectivity index (χ1) is 7.74. The van der Waals surface area contributed by atoms with E-state index in [1.807, 2.05) is 6.92 Å². The Balaban J connectivity index is 2.10. The zero-order valence-electron chi connectivity index (χ0n) is 9.98. The van der Waals surface area contributed by atoms with Crippen molar-refractivity contribution in [1.82, 2.24) is 4.90 Å². The zero-order chi connectivity index (χ0) is 11.5. The highest BCUT2D eigenvalue weighted by molar-refractivity contribution is 5.83. The summed E-state index contributed by atoms with van der Waals surface area (Å²) >= 11 is 0. The van der Waals surface area contributed by atoms with Crippen molar-refractivity contribution >= 4 is 5.78 Å². The van der Waals surface area contributed by atoms with Crippen LogP contribution < -0.4 is 0 Å². The van der Waals surface area contributed by atoms with E-state index >= 15 is 0 Å². The lowest BCUT2D eigenvalue weighted by Gasteiger charge is -2.40. The molecule has 3 nitrogen and oxygen atoms in total. The number of nitrogens with zero attached hydrogens (tertiary/aromatic N) is 2. The molecule has 1 saturated carbocycles. The summed E-state index contributed by atoms with van der Waals surface area (Å²) in [5.74, 6) is 0.651. The second-order valence-electron chi connectivity index (χ2n) is 5.07. The number of carbonyl (C=O) groups is 1. The van der Waals surface area contributed by atoms with Crippen molar-refractivity contribution in [3.8, 4) is 6.07 Å². The highest BCUT2D eigenvalue weighted by atomic mass is 16.1. The number of nitriles is 1. The maximum absolute atomic E-state index is 11.8. The number of rotatable bonds is 2. The summed E-state index contributed by atoms with van der Waals surface area (Å²) in [6.45, 7) is 2.95. The Morgan fingerprint density at radius 1 is 1.38 bits per heavy atom. The van der Waals surface area contributed by atoms with Crippen LogP contribution in [0.3, 0.4) is 0 Å². The Kier molecular flexibility index (Phi) is 3.60. The molecule has 2 fully saturated rings. The van der Waals surface area contributed by atoms with Crippen molar-refractivity contribution in [3.63, 3.8) is 0 Å². The SMILES string of the molecule is CC(C#N)N1CCCCC1C1CCCC1=O. The molecular weight excluding hydrogens is 200 g/mol. The predicted molar refractivity (Wildman–Crippen MR) is 61.8 cm³/mol. The van der Waals surface area contributed by atoms with Gasteiger partial charge in [0.05, 0.1) is 12.1 Å². The molecule has 0 bridgehead atoms. The Morgan fingerprint density at radius 2 is 2.19 bits per heavy atom. The molecule has 1 saturated heterocycles. The lowest BCUT2D eigenvalue weighted by molar-refractivity contribution is -0.123. The fourth-order valence-electron chi connectivity index (χ4n) is 3.22. The molecule has 88 valence electrons. The minimum atomic E-state index is -0.0429. The Hall–Kier alpha value is -0.880. The number of carbonyl (C=O) groups excluding carboxylic acids is 1. The van der Waals surface area contributed by atoms with E-state index in [4.69, 9.17) is 5.26 Å². The van der Waals surface area contributed by atoms with Gasteiger partial charge in [-0.3, -0.25) is 9.69 Å². The molecular formula is C13H20N2O. The van der Waals surface area contributed by atoms with Gasteiger partial charge in [0.1, 0.15) is 5.78 Å². The number of piperidine rings is 1. The molecule has 0 radical (unpaired) electrons. The molecule has 1 heterocycles.